The molecule has 1 aromatic rings. The highest BCUT2D eigenvalue weighted by molar-refractivity contribution is 7.91. The second kappa shape index (κ2) is 6.91. The Kier molecular flexibility index (Phi) is 5.08. The minimum atomic E-state index is -3.55. The molecule has 3 heterocycles. The standard InChI is InChI=1S/C16H24N2O3S2/c1-2-13-7-3-4-10-17(13)16(19)14-8-5-11-18(14)23(20,21)15-9-6-12-22-15/h6,9,12-14H,2-5,7-8,10-11H2,1H3. The number of rotatable bonds is 4. The van der Waals surface area contributed by atoms with Crippen LogP contribution in [0.2, 0.25) is 0 Å². The third kappa shape index (κ3) is 3.19. The molecule has 0 aliphatic carbocycles. The van der Waals surface area contributed by atoms with E-state index in [4.69, 9.17) is 0 Å². The molecule has 0 radical (unpaired) electrons. The summed E-state index contributed by atoms with van der Waals surface area (Å²) in [5.74, 6) is 0.00850. The van der Waals surface area contributed by atoms with Gasteiger partial charge in [0.05, 0.1) is 0 Å². The van der Waals surface area contributed by atoms with E-state index in [1.54, 1.807) is 17.5 Å². The molecule has 0 N–H and O–H groups in total. The zero-order chi connectivity index (χ0) is 16.4. The molecule has 7 heteroatoms. The summed E-state index contributed by atoms with van der Waals surface area (Å²) in [4.78, 5) is 15.0. The Morgan fingerprint density at radius 1 is 1.26 bits per heavy atom. The molecule has 2 atom stereocenters. The van der Waals surface area contributed by atoms with E-state index in [1.807, 2.05) is 4.90 Å². The SMILES string of the molecule is CCC1CCCCN1C(=O)C1CCCN1S(=O)(=O)c1cccs1. The van der Waals surface area contributed by atoms with E-state index >= 15 is 0 Å². The normalized spacial score (nSPS) is 26.6. The van der Waals surface area contributed by atoms with Gasteiger partial charge >= 0.3 is 0 Å². The van der Waals surface area contributed by atoms with Gasteiger partial charge in [-0.25, -0.2) is 8.42 Å². The van der Waals surface area contributed by atoms with Crippen LogP contribution in [0.4, 0.5) is 0 Å². The van der Waals surface area contributed by atoms with Crippen molar-refractivity contribution >= 4 is 27.3 Å². The number of hydrogen-bond donors (Lipinski definition) is 0. The number of thiophene rings is 1. The number of likely N-dealkylation sites (tertiary alicyclic amines) is 1. The van der Waals surface area contributed by atoms with E-state index in [2.05, 4.69) is 6.92 Å². The third-order valence-corrected chi connectivity index (χ3v) is 8.21. The van der Waals surface area contributed by atoms with Crippen LogP contribution in [0, 0.1) is 0 Å². The van der Waals surface area contributed by atoms with Crippen molar-refractivity contribution in [2.45, 2.75) is 61.7 Å². The van der Waals surface area contributed by atoms with Gasteiger partial charge in [-0.2, -0.15) is 4.31 Å². The molecule has 2 aliphatic rings. The van der Waals surface area contributed by atoms with Crippen LogP contribution in [0.25, 0.3) is 0 Å². The molecule has 128 valence electrons. The molecule has 1 amide bonds. The first-order chi connectivity index (χ1) is 11.1. The first-order valence-electron chi connectivity index (χ1n) is 8.41. The van der Waals surface area contributed by atoms with Gasteiger partial charge in [0.25, 0.3) is 10.0 Å². The van der Waals surface area contributed by atoms with E-state index in [1.165, 1.54) is 15.6 Å². The van der Waals surface area contributed by atoms with Crippen molar-refractivity contribution in [3.63, 3.8) is 0 Å². The second-order valence-electron chi connectivity index (χ2n) is 6.30. The van der Waals surface area contributed by atoms with Gasteiger partial charge in [-0.05, 0) is 50.0 Å². The van der Waals surface area contributed by atoms with Crippen molar-refractivity contribution in [2.24, 2.45) is 0 Å². The molecule has 2 unspecified atom stereocenters. The van der Waals surface area contributed by atoms with E-state index in [0.29, 0.717) is 17.2 Å². The summed E-state index contributed by atoms with van der Waals surface area (Å²) in [6.07, 6.45) is 5.54. The van der Waals surface area contributed by atoms with Crippen LogP contribution in [-0.2, 0) is 14.8 Å². The van der Waals surface area contributed by atoms with Gasteiger partial charge in [0.15, 0.2) is 0 Å². The number of sulfonamides is 1. The molecule has 3 rings (SSSR count). The fourth-order valence-corrected chi connectivity index (χ4v) is 6.48. The average Bonchev–Trinajstić information content (AvgIpc) is 3.25. The van der Waals surface area contributed by atoms with Crippen molar-refractivity contribution in [3.05, 3.63) is 17.5 Å². The zero-order valence-electron chi connectivity index (χ0n) is 13.5. The number of piperidine rings is 1. The fraction of sp³-hybridized carbons (Fsp3) is 0.688. The first kappa shape index (κ1) is 16.9. The number of hydrogen-bond acceptors (Lipinski definition) is 4. The zero-order valence-corrected chi connectivity index (χ0v) is 15.1. The van der Waals surface area contributed by atoms with Gasteiger partial charge in [-0.1, -0.05) is 13.0 Å². The molecule has 5 nitrogen and oxygen atoms in total. The van der Waals surface area contributed by atoms with Gasteiger partial charge in [0.1, 0.15) is 10.3 Å². The molecule has 0 aromatic carbocycles. The highest BCUT2D eigenvalue weighted by atomic mass is 32.2. The van der Waals surface area contributed by atoms with E-state index in [0.717, 1.165) is 38.6 Å². The molecule has 0 spiro atoms. The highest BCUT2D eigenvalue weighted by Crippen LogP contribution is 2.31. The molecule has 23 heavy (non-hydrogen) atoms. The number of nitrogens with zero attached hydrogens (tertiary/aromatic N) is 2. The van der Waals surface area contributed by atoms with E-state index in [-0.39, 0.29) is 11.9 Å². The highest BCUT2D eigenvalue weighted by Gasteiger charge is 2.42. The molecule has 0 bridgehead atoms. The second-order valence-corrected chi connectivity index (χ2v) is 9.36. The van der Waals surface area contributed by atoms with Gasteiger partial charge in [-0.15, -0.1) is 11.3 Å². The summed E-state index contributed by atoms with van der Waals surface area (Å²) < 4.78 is 27.4. The molecule has 2 saturated heterocycles. The predicted octanol–water partition coefficient (Wildman–Crippen LogP) is 2.69. The molecule has 1 aromatic heterocycles. The predicted molar refractivity (Wildman–Crippen MR) is 90.9 cm³/mol. The first-order valence-corrected chi connectivity index (χ1v) is 10.7. The van der Waals surface area contributed by atoms with Gasteiger partial charge in [0.2, 0.25) is 5.91 Å². The Balaban J connectivity index is 1.82. The van der Waals surface area contributed by atoms with Crippen molar-refractivity contribution < 1.29 is 13.2 Å². The number of carbonyl (C=O) groups is 1. The minimum Gasteiger partial charge on any atom is -0.338 e. The van der Waals surface area contributed by atoms with Gasteiger partial charge in [0, 0.05) is 19.1 Å². The molecular weight excluding hydrogens is 332 g/mol. The van der Waals surface area contributed by atoms with Crippen LogP contribution >= 0.6 is 11.3 Å². The summed E-state index contributed by atoms with van der Waals surface area (Å²) in [6.45, 7) is 3.31. The van der Waals surface area contributed by atoms with E-state index in [9.17, 15) is 13.2 Å². The number of amides is 1. The van der Waals surface area contributed by atoms with Crippen molar-refractivity contribution in [1.82, 2.24) is 9.21 Å². The Morgan fingerprint density at radius 3 is 2.78 bits per heavy atom. The maximum Gasteiger partial charge on any atom is 0.253 e. The van der Waals surface area contributed by atoms with Crippen LogP contribution in [0.15, 0.2) is 21.7 Å². The lowest BCUT2D eigenvalue weighted by Crippen LogP contribution is -2.52. The topological polar surface area (TPSA) is 57.7 Å². The Hall–Kier alpha value is -0.920. The van der Waals surface area contributed by atoms with Crippen molar-refractivity contribution in [1.29, 1.82) is 0 Å². The Labute approximate surface area is 142 Å². The van der Waals surface area contributed by atoms with Crippen LogP contribution < -0.4 is 0 Å². The maximum atomic E-state index is 13.0. The summed E-state index contributed by atoms with van der Waals surface area (Å²) >= 11 is 1.22. The van der Waals surface area contributed by atoms with Crippen LogP contribution in [0.3, 0.4) is 0 Å². The largest absolute Gasteiger partial charge is 0.338 e. The van der Waals surface area contributed by atoms with Gasteiger partial charge < -0.3 is 4.90 Å². The lowest BCUT2D eigenvalue weighted by atomic mass is 9.99. The summed E-state index contributed by atoms with van der Waals surface area (Å²) in [6, 6.07) is 3.11. The Bertz CT molecular complexity index is 642. The lowest BCUT2D eigenvalue weighted by molar-refractivity contribution is -0.138. The lowest BCUT2D eigenvalue weighted by Gasteiger charge is -2.38. The van der Waals surface area contributed by atoms with E-state index < -0.39 is 16.1 Å². The van der Waals surface area contributed by atoms with Crippen molar-refractivity contribution in [2.75, 3.05) is 13.1 Å². The van der Waals surface area contributed by atoms with Crippen LogP contribution in [-0.4, -0.2) is 48.7 Å². The molecule has 0 saturated carbocycles. The summed E-state index contributed by atoms with van der Waals surface area (Å²) in [5.41, 5.74) is 0. The number of carbonyl (C=O) groups excluding carboxylic acids is 1. The molecule has 2 aliphatic heterocycles. The monoisotopic (exact) mass is 356 g/mol. The Morgan fingerprint density at radius 2 is 2.09 bits per heavy atom. The smallest absolute Gasteiger partial charge is 0.253 e. The maximum absolute atomic E-state index is 13.0. The quantitative estimate of drug-likeness (QED) is 0.833. The van der Waals surface area contributed by atoms with Crippen LogP contribution in [0.1, 0.15) is 45.4 Å². The summed E-state index contributed by atoms with van der Waals surface area (Å²) in [5, 5.41) is 1.76. The minimum absolute atomic E-state index is 0.00850. The fourth-order valence-electron chi connectivity index (χ4n) is 3.71. The van der Waals surface area contributed by atoms with Crippen molar-refractivity contribution in [3.8, 4) is 0 Å². The van der Waals surface area contributed by atoms with Crippen LogP contribution in [0.5, 0.6) is 0 Å². The average molecular weight is 357 g/mol. The van der Waals surface area contributed by atoms with Gasteiger partial charge in [-0.3, -0.25) is 4.79 Å². The summed E-state index contributed by atoms with van der Waals surface area (Å²) in [7, 11) is -3.55. The molecular formula is C16H24N2O3S2. The molecule has 2 fully saturated rings. The third-order valence-electron chi connectivity index (χ3n) is 4.93.